The maximum Gasteiger partial charge on any atom is 0.246 e. The topological polar surface area (TPSA) is 67.2 Å². The predicted molar refractivity (Wildman–Crippen MR) is 78.0 cm³/mol. The van der Waals surface area contributed by atoms with Gasteiger partial charge in [-0.25, -0.2) is 8.42 Å². The first-order valence-electron chi connectivity index (χ1n) is 7.24. The first-order valence-corrected chi connectivity index (χ1v) is 8.68. The smallest absolute Gasteiger partial charge is 0.246 e. The fraction of sp³-hybridized carbons (Fsp3) is 0.769. The summed E-state index contributed by atoms with van der Waals surface area (Å²) in [5.41, 5.74) is 0. The van der Waals surface area contributed by atoms with E-state index >= 15 is 0 Å². The minimum Gasteiger partial charge on any atom is -0.318 e. The zero-order chi connectivity index (χ0) is 14.6. The molecule has 1 aromatic rings. The molecule has 0 aromatic carbocycles. The second-order valence-corrected chi connectivity index (χ2v) is 7.25. The second kappa shape index (κ2) is 6.69. The molecular weight excluding hydrogens is 276 g/mol. The van der Waals surface area contributed by atoms with Gasteiger partial charge in [0.2, 0.25) is 10.0 Å². The van der Waals surface area contributed by atoms with E-state index in [1.165, 1.54) is 6.20 Å². The molecule has 7 heteroatoms. The second-order valence-electron chi connectivity index (χ2n) is 5.36. The molecule has 2 heterocycles. The molecule has 6 nitrogen and oxygen atoms in total. The van der Waals surface area contributed by atoms with Crippen LogP contribution in [0.25, 0.3) is 0 Å². The third-order valence-corrected chi connectivity index (χ3v) is 5.77. The van der Waals surface area contributed by atoms with Crippen molar-refractivity contribution in [1.82, 2.24) is 19.4 Å². The summed E-state index contributed by atoms with van der Waals surface area (Å²) in [7, 11) is -1.55. The quantitative estimate of drug-likeness (QED) is 0.883. The summed E-state index contributed by atoms with van der Waals surface area (Å²) in [4.78, 5) is 0.308. The Balaban J connectivity index is 2.18. The van der Waals surface area contributed by atoms with Crippen LogP contribution in [-0.2, 0) is 16.6 Å². The summed E-state index contributed by atoms with van der Waals surface area (Å²) >= 11 is 0. The molecule has 0 radical (unpaired) electrons. The van der Waals surface area contributed by atoms with Crippen LogP contribution in [0, 0.1) is 0 Å². The van der Waals surface area contributed by atoms with Gasteiger partial charge in [-0.3, -0.25) is 4.68 Å². The molecule has 1 atom stereocenters. The van der Waals surface area contributed by atoms with Crippen LogP contribution in [0.4, 0.5) is 0 Å². The van der Waals surface area contributed by atoms with Crippen LogP contribution in [-0.4, -0.2) is 48.7 Å². The summed E-state index contributed by atoms with van der Waals surface area (Å²) in [5, 5.41) is 7.16. The lowest BCUT2D eigenvalue weighted by molar-refractivity contribution is 0.342. The van der Waals surface area contributed by atoms with Gasteiger partial charge in [-0.15, -0.1) is 0 Å². The highest BCUT2D eigenvalue weighted by Crippen LogP contribution is 2.24. The Kier molecular flexibility index (Phi) is 5.17. The molecule has 2 rings (SSSR count). The predicted octanol–water partition coefficient (Wildman–Crippen LogP) is 1.06. The number of likely N-dealkylation sites (N-methyl/N-ethyl adjacent to an activating group) is 1. The van der Waals surface area contributed by atoms with E-state index in [9.17, 15) is 8.42 Å². The van der Waals surface area contributed by atoms with Crippen LogP contribution < -0.4 is 5.32 Å². The average Bonchev–Trinajstić information content (AvgIpc) is 2.79. The molecular formula is C13H24N4O2S. The molecule has 1 unspecified atom stereocenters. The summed E-state index contributed by atoms with van der Waals surface area (Å²) in [6.45, 7) is 4.04. The summed E-state index contributed by atoms with van der Waals surface area (Å²) < 4.78 is 28.7. The van der Waals surface area contributed by atoms with Gasteiger partial charge in [0.05, 0.1) is 12.7 Å². The molecule has 1 saturated heterocycles. The zero-order valence-corrected chi connectivity index (χ0v) is 13.1. The van der Waals surface area contributed by atoms with Crippen molar-refractivity contribution in [2.75, 3.05) is 20.1 Å². The highest BCUT2D eigenvalue weighted by molar-refractivity contribution is 7.89. The lowest BCUT2D eigenvalue weighted by Gasteiger charge is -2.25. The first-order chi connectivity index (χ1) is 9.55. The van der Waals surface area contributed by atoms with Crippen LogP contribution in [0.15, 0.2) is 17.3 Å². The van der Waals surface area contributed by atoms with Gasteiger partial charge in [0.15, 0.2) is 0 Å². The molecule has 20 heavy (non-hydrogen) atoms. The van der Waals surface area contributed by atoms with E-state index in [4.69, 9.17) is 0 Å². The molecule has 0 spiro atoms. The van der Waals surface area contributed by atoms with E-state index < -0.39 is 10.0 Å². The third kappa shape index (κ3) is 3.39. The van der Waals surface area contributed by atoms with Crippen molar-refractivity contribution in [3.63, 3.8) is 0 Å². The molecule has 1 aromatic heterocycles. The van der Waals surface area contributed by atoms with Crippen molar-refractivity contribution < 1.29 is 8.42 Å². The van der Waals surface area contributed by atoms with Crippen molar-refractivity contribution in [2.24, 2.45) is 0 Å². The standard InChI is InChI=1S/C13H24N4O2S/c1-12-6-4-3-5-8-17(12)20(18,19)13-10-15-16(11-13)9-7-14-2/h10-12,14H,3-9H2,1-2H3. The fourth-order valence-electron chi connectivity index (χ4n) is 2.57. The van der Waals surface area contributed by atoms with Crippen LogP contribution in [0.1, 0.15) is 32.6 Å². The lowest BCUT2D eigenvalue weighted by Crippen LogP contribution is -2.38. The van der Waals surface area contributed by atoms with E-state index in [2.05, 4.69) is 10.4 Å². The number of nitrogens with zero attached hydrogens (tertiary/aromatic N) is 3. The minimum atomic E-state index is -3.41. The van der Waals surface area contributed by atoms with Crippen LogP contribution in [0.3, 0.4) is 0 Å². The summed E-state index contributed by atoms with van der Waals surface area (Å²) in [6, 6.07) is 0.0724. The van der Waals surface area contributed by atoms with Gasteiger partial charge in [-0.2, -0.15) is 9.40 Å². The van der Waals surface area contributed by atoms with Gasteiger partial charge in [0.25, 0.3) is 0 Å². The number of hydrogen-bond donors (Lipinski definition) is 1. The molecule has 1 aliphatic rings. The zero-order valence-electron chi connectivity index (χ0n) is 12.2. The Morgan fingerprint density at radius 1 is 1.40 bits per heavy atom. The molecule has 0 bridgehead atoms. The SMILES string of the molecule is CNCCn1cc(S(=O)(=O)N2CCCCCC2C)cn1. The lowest BCUT2D eigenvalue weighted by atomic mass is 10.1. The maximum absolute atomic E-state index is 12.7. The molecule has 0 saturated carbocycles. The van der Waals surface area contributed by atoms with Gasteiger partial charge in [-0.05, 0) is 26.8 Å². The monoisotopic (exact) mass is 300 g/mol. The third-order valence-electron chi connectivity index (χ3n) is 3.80. The van der Waals surface area contributed by atoms with Crippen molar-refractivity contribution in [3.8, 4) is 0 Å². The Morgan fingerprint density at radius 3 is 2.95 bits per heavy atom. The highest BCUT2D eigenvalue weighted by Gasteiger charge is 2.30. The summed E-state index contributed by atoms with van der Waals surface area (Å²) in [5.74, 6) is 0. The van der Waals surface area contributed by atoms with Gasteiger partial charge in [0.1, 0.15) is 4.90 Å². The number of aromatic nitrogens is 2. The molecule has 114 valence electrons. The van der Waals surface area contributed by atoms with Crippen molar-refractivity contribution in [2.45, 2.75) is 50.1 Å². The highest BCUT2D eigenvalue weighted by atomic mass is 32.2. The van der Waals surface area contributed by atoms with Crippen molar-refractivity contribution in [3.05, 3.63) is 12.4 Å². The summed E-state index contributed by atoms with van der Waals surface area (Å²) in [6.07, 6.45) is 7.18. The average molecular weight is 300 g/mol. The Hall–Kier alpha value is -0.920. The van der Waals surface area contributed by atoms with E-state index in [-0.39, 0.29) is 6.04 Å². The van der Waals surface area contributed by atoms with E-state index in [0.717, 1.165) is 32.2 Å². The van der Waals surface area contributed by atoms with Crippen molar-refractivity contribution in [1.29, 1.82) is 0 Å². The molecule has 0 amide bonds. The first kappa shape index (κ1) is 15.5. The molecule has 1 aliphatic heterocycles. The van der Waals surface area contributed by atoms with Crippen molar-refractivity contribution >= 4 is 10.0 Å². The number of hydrogen-bond acceptors (Lipinski definition) is 4. The number of nitrogens with one attached hydrogen (secondary N) is 1. The van der Waals surface area contributed by atoms with Crippen LogP contribution in [0.5, 0.6) is 0 Å². The molecule has 1 fully saturated rings. The molecule has 1 N–H and O–H groups in total. The normalized spacial score (nSPS) is 21.8. The van der Waals surface area contributed by atoms with E-state index in [0.29, 0.717) is 18.0 Å². The maximum atomic E-state index is 12.7. The minimum absolute atomic E-state index is 0.0724. The molecule has 0 aliphatic carbocycles. The van der Waals surface area contributed by atoms with Crippen LogP contribution >= 0.6 is 0 Å². The van der Waals surface area contributed by atoms with Gasteiger partial charge >= 0.3 is 0 Å². The Labute approximate surface area is 121 Å². The van der Waals surface area contributed by atoms with Gasteiger partial charge in [-0.1, -0.05) is 12.8 Å². The van der Waals surface area contributed by atoms with Gasteiger partial charge in [0, 0.05) is 25.3 Å². The fourth-order valence-corrected chi connectivity index (χ4v) is 4.22. The van der Waals surface area contributed by atoms with E-state index in [1.807, 2.05) is 14.0 Å². The van der Waals surface area contributed by atoms with Crippen LogP contribution in [0.2, 0.25) is 0 Å². The van der Waals surface area contributed by atoms with E-state index in [1.54, 1.807) is 15.2 Å². The number of rotatable bonds is 5. The Morgan fingerprint density at radius 2 is 2.20 bits per heavy atom. The Bertz CT molecular complexity index is 526. The largest absolute Gasteiger partial charge is 0.318 e. The number of sulfonamides is 1. The van der Waals surface area contributed by atoms with Gasteiger partial charge < -0.3 is 5.32 Å².